The van der Waals surface area contributed by atoms with Crippen LogP contribution in [0.3, 0.4) is 0 Å². The summed E-state index contributed by atoms with van der Waals surface area (Å²) in [5.74, 6) is -0.364. The lowest BCUT2D eigenvalue weighted by molar-refractivity contribution is -0.141. The van der Waals surface area contributed by atoms with Crippen molar-refractivity contribution in [3.63, 3.8) is 0 Å². The normalized spacial score (nSPS) is 13.1. The van der Waals surface area contributed by atoms with Crippen LogP contribution in [0.15, 0.2) is 42.5 Å². The highest BCUT2D eigenvalue weighted by molar-refractivity contribution is 7.92. The van der Waals surface area contributed by atoms with E-state index in [1.54, 1.807) is 30.0 Å². The molecule has 0 spiro atoms. The largest absolute Gasteiger partial charge is 0.352 e. The van der Waals surface area contributed by atoms with E-state index in [2.05, 4.69) is 5.32 Å². The van der Waals surface area contributed by atoms with Crippen LogP contribution in [0.5, 0.6) is 0 Å². The molecule has 0 fully saturated rings. The Bertz CT molecular complexity index is 1190. The first-order valence-corrected chi connectivity index (χ1v) is 15.0. The van der Waals surface area contributed by atoms with Gasteiger partial charge >= 0.3 is 0 Å². The van der Waals surface area contributed by atoms with E-state index in [4.69, 9.17) is 11.6 Å². The molecule has 0 aliphatic rings. The average molecular weight is 550 g/mol. The van der Waals surface area contributed by atoms with E-state index < -0.39 is 16.1 Å². The Kier molecular flexibility index (Phi) is 11.4. The van der Waals surface area contributed by atoms with Crippen molar-refractivity contribution >= 4 is 39.1 Å². The topological polar surface area (TPSA) is 86.8 Å². The number of hydrogen-bond donors (Lipinski definition) is 1. The molecular formula is C28H40ClN3O4S. The second kappa shape index (κ2) is 13.8. The maximum Gasteiger partial charge on any atom is 0.243 e. The van der Waals surface area contributed by atoms with Crippen molar-refractivity contribution in [2.45, 2.75) is 78.9 Å². The van der Waals surface area contributed by atoms with Crippen molar-refractivity contribution in [3.05, 3.63) is 64.2 Å². The van der Waals surface area contributed by atoms with Gasteiger partial charge in [-0.2, -0.15) is 0 Å². The maximum atomic E-state index is 13.6. The third kappa shape index (κ3) is 8.47. The molecule has 0 aliphatic carbocycles. The number of aryl methyl sites for hydroxylation is 1. The van der Waals surface area contributed by atoms with E-state index in [9.17, 15) is 18.0 Å². The first-order chi connectivity index (χ1) is 17.4. The van der Waals surface area contributed by atoms with Crippen molar-refractivity contribution < 1.29 is 18.0 Å². The Balaban J connectivity index is 2.27. The minimum Gasteiger partial charge on any atom is -0.352 e. The molecule has 2 rings (SSSR count). The number of rotatable bonds is 13. The predicted octanol–water partition coefficient (Wildman–Crippen LogP) is 5.23. The van der Waals surface area contributed by atoms with Crippen LogP contribution in [0, 0.1) is 13.8 Å². The zero-order chi connectivity index (χ0) is 27.8. The van der Waals surface area contributed by atoms with Gasteiger partial charge in [0.1, 0.15) is 6.04 Å². The molecule has 1 N–H and O–H groups in total. The standard InChI is InChI=1S/C28H40ClN3O4S/c1-7-21(4)30-28(34)25(8-2)31(19-23-14-10-9-13-20(23)3)27(33)17-12-18-32(37(6,35)36)26-16-11-15-24(29)22(26)5/h9-11,13-16,21,25H,7-8,12,17-19H2,1-6H3,(H,30,34)/t21-,25-/m1/s1. The number of nitrogens with one attached hydrogen (secondary N) is 1. The molecule has 204 valence electrons. The molecule has 2 aromatic carbocycles. The molecule has 2 aromatic rings. The van der Waals surface area contributed by atoms with Gasteiger partial charge < -0.3 is 10.2 Å². The van der Waals surface area contributed by atoms with Gasteiger partial charge in [-0.25, -0.2) is 8.42 Å². The van der Waals surface area contributed by atoms with Gasteiger partial charge in [0.05, 0.1) is 11.9 Å². The van der Waals surface area contributed by atoms with Crippen LogP contribution in [0.1, 0.15) is 63.1 Å². The first kappa shape index (κ1) is 30.6. The van der Waals surface area contributed by atoms with E-state index >= 15 is 0 Å². The summed E-state index contributed by atoms with van der Waals surface area (Å²) in [7, 11) is -3.59. The first-order valence-electron chi connectivity index (χ1n) is 12.8. The van der Waals surface area contributed by atoms with Gasteiger partial charge in [0, 0.05) is 30.6 Å². The number of anilines is 1. The highest BCUT2D eigenvalue weighted by Gasteiger charge is 2.30. The summed E-state index contributed by atoms with van der Waals surface area (Å²) < 4.78 is 26.5. The molecular weight excluding hydrogens is 510 g/mol. The fourth-order valence-corrected chi connectivity index (χ4v) is 5.37. The number of carbonyl (C=O) groups is 2. The van der Waals surface area contributed by atoms with E-state index in [1.807, 2.05) is 52.0 Å². The zero-order valence-electron chi connectivity index (χ0n) is 22.8. The summed E-state index contributed by atoms with van der Waals surface area (Å²) in [6.07, 6.45) is 2.80. The summed E-state index contributed by atoms with van der Waals surface area (Å²) in [6, 6.07) is 12.3. The Morgan fingerprint density at radius 2 is 1.70 bits per heavy atom. The monoisotopic (exact) mass is 549 g/mol. The second-order valence-electron chi connectivity index (χ2n) is 9.51. The molecule has 0 radical (unpaired) electrons. The van der Waals surface area contributed by atoms with Crippen molar-refractivity contribution in [3.8, 4) is 0 Å². The maximum absolute atomic E-state index is 13.6. The number of benzene rings is 2. The molecule has 0 bridgehead atoms. The number of halogens is 1. The average Bonchev–Trinajstić information content (AvgIpc) is 2.84. The molecule has 0 aromatic heterocycles. The summed E-state index contributed by atoms with van der Waals surface area (Å²) in [5, 5.41) is 3.49. The third-order valence-corrected chi connectivity index (χ3v) is 8.24. The minimum atomic E-state index is -3.59. The molecule has 0 saturated carbocycles. The van der Waals surface area contributed by atoms with Gasteiger partial charge in [-0.1, -0.05) is 55.8 Å². The molecule has 7 nitrogen and oxygen atoms in total. The molecule has 2 atom stereocenters. The Labute approximate surface area is 227 Å². The Hall–Kier alpha value is -2.58. The third-order valence-electron chi connectivity index (χ3n) is 6.65. The summed E-state index contributed by atoms with van der Waals surface area (Å²) >= 11 is 6.23. The molecule has 9 heteroatoms. The fourth-order valence-electron chi connectivity index (χ4n) is 4.18. The predicted molar refractivity (Wildman–Crippen MR) is 151 cm³/mol. The van der Waals surface area contributed by atoms with Crippen molar-refractivity contribution in [2.24, 2.45) is 0 Å². The van der Waals surface area contributed by atoms with Gasteiger partial charge in [-0.05, 0) is 68.9 Å². The van der Waals surface area contributed by atoms with Crippen LogP contribution in [0.2, 0.25) is 5.02 Å². The van der Waals surface area contributed by atoms with Gasteiger partial charge in [-0.15, -0.1) is 0 Å². The van der Waals surface area contributed by atoms with Crippen LogP contribution in [0.25, 0.3) is 0 Å². The van der Waals surface area contributed by atoms with Gasteiger partial charge in [0.25, 0.3) is 0 Å². The number of sulfonamides is 1. The Morgan fingerprint density at radius 3 is 2.30 bits per heavy atom. The smallest absolute Gasteiger partial charge is 0.243 e. The highest BCUT2D eigenvalue weighted by atomic mass is 35.5. The van der Waals surface area contributed by atoms with Crippen LogP contribution in [-0.4, -0.2) is 50.0 Å². The fraction of sp³-hybridized carbons (Fsp3) is 0.500. The minimum absolute atomic E-state index is 0.00113. The molecule has 37 heavy (non-hydrogen) atoms. The number of nitrogens with zero attached hydrogens (tertiary/aromatic N) is 2. The van der Waals surface area contributed by atoms with Crippen molar-refractivity contribution in [1.82, 2.24) is 10.2 Å². The van der Waals surface area contributed by atoms with E-state index in [0.717, 1.165) is 23.8 Å². The summed E-state index contributed by atoms with van der Waals surface area (Å²) in [6.45, 7) is 10.0. The second-order valence-corrected chi connectivity index (χ2v) is 11.8. The van der Waals surface area contributed by atoms with Crippen LogP contribution in [0.4, 0.5) is 5.69 Å². The molecule has 0 heterocycles. The van der Waals surface area contributed by atoms with Crippen LogP contribution < -0.4 is 9.62 Å². The van der Waals surface area contributed by atoms with E-state index in [0.29, 0.717) is 35.7 Å². The SMILES string of the molecule is CC[C@@H](C)NC(=O)[C@@H](CC)N(Cc1ccccc1C)C(=O)CCCN(c1cccc(Cl)c1C)S(C)(=O)=O. The van der Waals surface area contributed by atoms with Crippen molar-refractivity contribution in [2.75, 3.05) is 17.1 Å². The molecule has 0 saturated heterocycles. The van der Waals surface area contributed by atoms with Crippen LogP contribution in [-0.2, 0) is 26.2 Å². The number of carbonyl (C=O) groups excluding carboxylic acids is 2. The number of hydrogen-bond acceptors (Lipinski definition) is 4. The lowest BCUT2D eigenvalue weighted by atomic mass is 10.0. The quantitative estimate of drug-likeness (QED) is 0.371. The van der Waals surface area contributed by atoms with Crippen molar-refractivity contribution in [1.29, 1.82) is 0 Å². The zero-order valence-corrected chi connectivity index (χ0v) is 24.3. The lowest BCUT2D eigenvalue weighted by Gasteiger charge is -2.32. The van der Waals surface area contributed by atoms with E-state index in [1.165, 1.54) is 4.31 Å². The number of amides is 2. The van der Waals surface area contributed by atoms with Gasteiger partial charge in [0.15, 0.2) is 0 Å². The van der Waals surface area contributed by atoms with Gasteiger partial charge in [0.2, 0.25) is 21.8 Å². The summed E-state index contributed by atoms with van der Waals surface area (Å²) in [5.41, 5.74) is 3.17. The Morgan fingerprint density at radius 1 is 1.03 bits per heavy atom. The lowest BCUT2D eigenvalue weighted by Crippen LogP contribution is -2.50. The van der Waals surface area contributed by atoms with Crippen LogP contribution >= 0.6 is 11.6 Å². The van der Waals surface area contributed by atoms with E-state index in [-0.39, 0.29) is 30.8 Å². The molecule has 0 aliphatic heterocycles. The molecule has 0 unspecified atom stereocenters. The van der Waals surface area contributed by atoms with Gasteiger partial charge in [-0.3, -0.25) is 13.9 Å². The molecule has 2 amide bonds. The highest BCUT2D eigenvalue weighted by Crippen LogP contribution is 2.28. The summed E-state index contributed by atoms with van der Waals surface area (Å²) in [4.78, 5) is 28.3.